The van der Waals surface area contributed by atoms with Gasteiger partial charge < -0.3 is 5.11 Å². The lowest BCUT2D eigenvalue weighted by Crippen LogP contribution is -2.42. The van der Waals surface area contributed by atoms with E-state index in [0.717, 1.165) is 9.46 Å². The van der Waals surface area contributed by atoms with Crippen molar-refractivity contribution in [3.05, 3.63) is 60.2 Å². The quantitative estimate of drug-likeness (QED) is 0.508. The van der Waals surface area contributed by atoms with Crippen LogP contribution in [0.25, 0.3) is 0 Å². The smallest absolute Gasteiger partial charge is 0.317 e. The Morgan fingerprint density at radius 3 is 1.81 bits per heavy atom. The van der Waals surface area contributed by atoms with Crippen LogP contribution in [0, 0.1) is 0 Å². The van der Waals surface area contributed by atoms with Gasteiger partial charge in [-0.25, -0.2) is 0 Å². The highest BCUT2D eigenvalue weighted by Crippen LogP contribution is 2.04. The first kappa shape index (κ1) is 14.7. The largest absolute Gasteiger partial charge is 0.480 e. The maximum atomic E-state index is 11.0. The number of hydrogen-bond acceptors (Lipinski definition) is 4. The summed E-state index contributed by atoms with van der Waals surface area (Å²) >= 11 is 0. The molecule has 0 aromatic carbocycles. The predicted octanol–water partition coefficient (Wildman–Crippen LogP) is -0.177. The van der Waals surface area contributed by atoms with Crippen molar-refractivity contribution in [2.24, 2.45) is 0 Å². The van der Waals surface area contributed by atoms with Crippen LogP contribution in [0.15, 0.2) is 48.8 Å². The van der Waals surface area contributed by atoms with E-state index in [2.05, 4.69) is 0 Å². The molecular weight excluding hydrogens is 274 g/mol. The van der Waals surface area contributed by atoms with E-state index in [-0.39, 0.29) is 19.6 Å². The van der Waals surface area contributed by atoms with Crippen molar-refractivity contribution in [1.82, 2.24) is 4.90 Å². The summed E-state index contributed by atoms with van der Waals surface area (Å²) in [5.41, 5.74) is 1.11. The molecule has 0 amide bonds. The van der Waals surface area contributed by atoms with E-state index < -0.39 is 5.97 Å². The first-order valence-electron chi connectivity index (χ1n) is 6.38. The summed E-state index contributed by atoms with van der Waals surface area (Å²) in [5.74, 6) is -0.976. The third-order valence-corrected chi connectivity index (χ3v) is 2.97. The Morgan fingerprint density at radius 1 is 0.952 bits per heavy atom. The van der Waals surface area contributed by atoms with Gasteiger partial charge in [-0.05, 0) is 12.1 Å². The second-order valence-corrected chi connectivity index (χ2v) is 4.61. The fourth-order valence-electron chi connectivity index (χ4n) is 2.01. The van der Waals surface area contributed by atoms with Crippen LogP contribution in [0.5, 0.6) is 0 Å². The van der Waals surface area contributed by atoms with Gasteiger partial charge in [0, 0.05) is 33.7 Å². The van der Waals surface area contributed by atoms with Crippen LogP contribution >= 0.6 is 0 Å². The minimum Gasteiger partial charge on any atom is -0.480 e. The zero-order valence-corrected chi connectivity index (χ0v) is 11.3. The van der Waals surface area contributed by atoms with Crippen molar-refractivity contribution < 1.29 is 29.8 Å². The van der Waals surface area contributed by atoms with Crippen molar-refractivity contribution in [2.45, 2.75) is 13.1 Å². The van der Waals surface area contributed by atoms with Gasteiger partial charge in [-0.3, -0.25) is 20.1 Å². The van der Waals surface area contributed by atoms with E-state index in [0.29, 0.717) is 11.4 Å². The number of pyridine rings is 2. The second kappa shape index (κ2) is 6.67. The molecular formula is C14H17N3O4+2. The number of aromatic nitrogens is 2. The maximum Gasteiger partial charge on any atom is 0.317 e. The van der Waals surface area contributed by atoms with Gasteiger partial charge in [-0.2, -0.15) is 0 Å². The van der Waals surface area contributed by atoms with Crippen molar-refractivity contribution in [1.29, 1.82) is 0 Å². The molecule has 0 atom stereocenters. The predicted molar refractivity (Wildman–Crippen MR) is 69.4 cm³/mol. The molecule has 0 saturated carbocycles. The van der Waals surface area contributed by atoms with Crippen LogP contribution in [0.4, 0.5) is 0 Å². The van der Waals surface area contributed by atoms with Crippen molar-refractivity contribution >= 4 is 5.97 Å². The number of aliphatic carboxylic acids is 1. The minimum absolute atomic E-state index is 0.205. The standard InChI is InChI=1S/C14H16N3O4/c18-14(19)11-15(9-12-5-1-3-7-16(12)20)10-13-6-2-4-8-17(13)21/h1-8H,9-11H2,(H2-,18,19,20,21)/q+1/p+1. The number of rotatable bonds is 6. The summed E-state index contributed by atoms with van der Waals surface area (Å²) in [6.07, 6.45) is 2.95. The Bertz CT molecular complexity index is 586. The average molecular weight is 291 g/mol. The Kier molecular flexibility index (Phi) is 4.68. The molecule has 0 fully saturated rings. The molecule has 7 heteroatoms. The Morgan fingerprint density at radius 2 is 1.43 bits per heavy atom. The summed E-state index contributed by atoms with van der Waals surface area (Å²) in [5, 5.41) is 28.4. The van der Waals surface area contributed by atoms with Gasteiger partial charge in [0.25, 0.3) is 0 Å². The highest BCUT2D eigenvalue weighted by molar-refractivity contribution is 5.69. The molecule has 2 heterocycles. The molecule has 2 aromatic rings. The van der Waals surface area contributed by atoms with Crippen LogP contribution in [-0.2, 0) is 17.9 Å². The summed E-state index contributed by atoms with van der Waals surface area (Å²) in [6.45, 7) is 0.265. The molecule has 110 valence electrons. The fraction of sp³-hybridized carbons (Fsp3) is 0.214. The second-order valence-electron chi connectivity index (χ2n) is 4.61. The molecule has 0 aliphatic rings. The lowest BCUT2D eigenvalue weighted by atomic mass is 10.3. The van der Waals surface area contributed by atoms with Crippen LogP contribution in [0.1, 0.15) is 11.4 Å². The van der Waals surface area contributed by atoms with Gasteiger partial charge in [0.1, 0.15) is 0 Å². The number of carboxylic acid groups (broad SMARTS) is 1. The first-order chi connectivity index (χ1) is 10.1. The monoisotopic (exact) mass is 291 g/mol. The van der Waals surface area contributed by atoms with Crippen LogP contribution in [0.2, 0.25) is 0 Å². The van der Waals surface area contributed by atoms with E-state index in [1.807, 2.05) is 0 Å². The maximum absolute atomic E-state index is 11.0. The molecule has 0 spiro atoms. The van der Waals surface area contributed by atoms with Gasteiger partial charge in [0.05, 0.1) is 19.6 Å². The third kappa shape index (κ3) is 4.15. The van der Waals surface area contributed by atoms with Gasteiger partial charge >= 0.3 is 5.97 Å². The average Bonchev–Trinajstić information content (AvgIpc) is 2.43. The highest BCUT2D eigenvalue weighted by atomic mass is 16.5. The lowest BCUT2D eigenvalue weighted by Gasteiger charge is -2.16. The number of nitrogens with zero attached hydrogens (tertiary/aromatic N) is 3. The minimum atomic E-state index is -0.976. The van der Waals surface area contributed by atoms with E-state index >= 15 is 0 Å². The highest BCUT2D eigenvalue weighted by Gasteiger charge is 2.21. The molecule has 0 saturated heterocycles. The number of carbonyl (C=O) groups is 1. The van der Waals surface area contributed by atoms with E-state index in [4.69, 9.17) is 5.11 Å². The zero-order chi connectivity index (χ0) is 15.2. The van der Waals surface area contributed by atoms with E-state index in [1.54, 1.807) is 41.3 Å². The topological polar surface area (TPSA) is 88.8 Å². The van der Waals surface area contributed by atoms with Crippen molar-refractivity contribution in [3.63, 3.8) is 0 Å². The first-order valence-corrected chi connectivity index (χ1v) is 6.38. The number of carboxylic acids is 1. The molecule has 3 N–H and O–H groups in total. The Labute approximate surface area is 121 Å². The molecule has 0 aliphatic heterocycles. The zero-order valence-electron chi connectivity index (χ0n) is 11.3. The summed E-state index contributed by atoms with van der Waals surface area (Å²) in [6, 6.07) is 10.3. The fourth-order valence-corrected chi connectivity index (χ4v) is 2.01. The molecule has 0 radical (unpaired) electrons. The molecule has 2 aromatic heterocycles. The molecule has 0 aliphatic carbocycles. The molecule has 0 bridgehead atoms. The number of hydrogen-bond donors (Lipinski definition) is 3. The third-order valence-electron chi connectivity index (χ3n) is 2.97. The van der Waals surface area contributed by atoms with Gasteiger partial charge in [-0.1, -0.05) is 0 Å². The lowest BCUT2D eigenvalue weighted by molar-refractivity contribution is -0.911. The van der Waals surface area contributed by atoms with Crippen LogP contribution in [0.3, 0.4) is 0 Å². The molecule has 2 rings (SSSR count). The summed E-state index contributed by atoms with van der Waals surface area (Å²) in [4.78, 5) is 12.6. The van der Waals surface area contributed by atoms with Crippen LogP contribution < -0.4 is 9.46 Å². The van der Waals surface area contributed by atoms with E-state index in [1.165, 1.54) is 12.4 Å². The SMILES string of the molecule is O=C(O)CN(Cc1cccc[n+]1O)Cc1cccc[n+]1O. The van der Waals surface area contributed by atoms with Crippen molar-refractivity contribution in [2.75, 3.05) is 6.54 Å². The van der Waals surface area contributed by atoms with E-state index in [9.17, 15) is 15.2 Å². The van der Waals surface area contributed by atoms with Crippen molar-refractivity contribution in [3.8, 4) is 0 Å². The normalized spacial score (nSPS) is 10.7. The van der Waals surface area contributed by atoms with Gasteiger partial charge in [-0.15, -0.1) is 0 Å². The van der Waals surface area contributed by atoms with Crippen LogP contribution in [-0.4, -0.2) is 32.9 Å². The molecule has 0 unspecified atom stereocenters. The van der Waals surface area contributed by atoms with Gasteiger partial charge in [0.15, 0.2) is 0 Å². The Balaban J connectivity index is 2.17. The summed E-state index contributed by atoms with van der Waals surface area (Å²) in [7, 11) is 0. The summed E-state index contributed by atoms with van der Waals surface area (Å²) < 4.78 is 1.90. The Hall–Kier alpha value is -2.67. The van der Waals surface area contributed by atoms with Gasteiger partial charge in [0.2, 0.25) is 23.8 Å². The molecule has 21 heavy (non-hydrogen) atoms. The molecule has 7 nitrogen and oxygen atoms in total.